The molecule has 0 fully saturated rings. The molecule has 0 aliphatic carbocycles. The summed E-state index contributed by atoms with van der Waals surface area (Å²) < 4.78 is 5.49. The van der Waals surface area contributed by atoms with Crippen LogP contribution < -0.4 is 5.43 Å². The number of furan rings is 1. The quantitative estimate of drug-likeness (QED) is 0.338. The Balaban J connectivity index is 1.81. The van der Waals surface area contributed by atoms with E-state index in [9.17, 15) is 0 Å². The molecule has 0 unspecified atom stereocenters. The number of para-hydroxylation sites is 2. The summed E-state index contributed by atoms with van der Waals surface area (Å²) in [6, 6.07) is 19.9. The third-order valence-corrected chi connectivity index (χ3v) is 3.72. The van der Waals surface area contributed by atoms with Crippen molar-refractivity contribution in [3.05, 3.63) is 72.2 Å². The van der Waals surface area contributed by atoms with Crippen molar-refractivity contribution in [2.24, 2.45) is 5.10 Å². The summed E-state index contributed by atoms with van der Waals surface area (Å²) in [5.74, 6) is 1.59. The zero-order valence-electron chi connectivity index (χ0n) is 12.7. The number of aromatic nitrogens is 1. The third kappa shape index (κ3) is 2.55. The maximum Gasteiger partial charge on any atom is 0.147 e. The van der Waals surface area contributed by atoms with Crippen LogP contribution in [0.3, 0.4) is 0 Å². The Labute approximate surface area is 133 Å². The average molecular weight is 301 g/mol. The van der Waals surface area contributed by atoms with Gasteiger partial charge in [0.25, 0.3) is 0 Å². The van der Waals surface area contributed by atoms with Crippen LogP contribution in [0.1, 0.15) is 11.5 Å². The molecule has 4 nitrogen and oxygen atoms in total. The number of fused-ring (bicyclic) bond motifs is 2. The van der Waals surface area contributed by atoms with Gasteiger partial charge >= 0.3 is 0 Å². The van der Waals surface area contributed by atoms with Crippen LogP contribution in [-0.2, 0) is 0 Å². The number of rotatable bonds is 3. The molecule has 2 heterocycles. The van der Waals surface area contributed by atoms with Gasteiger partial charge in [-0.3, -0.25) is 5.43 Å². The summed E-state index contributed by atoms with van der Waals surface area (Å²) in [4.78, 5) is 4.70. The highest BCUT2D eigenvalue weighted by molar-refractivity contribution is 6.07. The second-order valence-corrected chi connectivity index (χ2v) is 5.34. The van der Waals surface area contributed by atoms with Crippen LogP contribution in [-0.4, -0.2) is 11.2 Å². The van der Waals surface area contributed by atoms with Crippen molar-refractivity contribution >= 4 is 33.7 Å². The number of nitrogens with zero attached hydrogens (tertiary/aromatic N) is 2. The van der Waals surface area contributed by atoms with Crippen molar-refractivity contribution in [3.8, 4) is 0 Å². The summed E-state index contributed by atoms with van der Waals surface area (Å²) >= 11 is 0. The number of hydrazone groups is 1. The topological polar surface area (TPSA) is 50.4 Å². The van der Waals surface area contributed by atoms with Gasteiger partial charge < -0.3 is 4.42 Å². The largest absolute Gasteiger partial charge is 0.460 e. The first-order valence-electron chi connectivity index (χ1n) is 7.44. The summed E-state index contributed by atoms with van der Waals surface area (Å²) in [6.45, 7) is 1.91. The number of anilines is 1. The van der Waals surface area contributed by atoms with Gasteiger partial charge in [-0.2, -0.15) is 5.10 Å². The van der Waals surface area contributed by atoms with Gasteiger partial charge in [0.2, 0.25) is 0 Å². The number of hydrogen-bond acceptors (Lipinski definition) is 4. The van der Waals surface area contributed by atoms with Crippen LogP contribution in [0.15, 0.2) is 70.2 Å². The van der Waals surface area contributed by atoms with Crippen molar-refractivity contribution in [2.75, 3.05) is 5.43 Å². The van der Waals surface area contributed by atoms with E-state index < -0.39 is 0 Å². The lowest BCUT2D eigenvalue weighted by atomic mass is 10.1. The van der Waals surface area contributed by atoms with Gasteiger partial charge in [0.15, 0.2) is 0 Å². The van der Waals surface area contributed by atoms with Gasteiger partial charge in [0.1, 0.15) is 11.5 Å². The molecule has 0 spiro atoms. The molecule has 0 aliphatic rings. The van der Waals surface area contributed by atoms with E-state index in [2.05, 4.69) is 10.5 Å². The van der Waals surface area contributed by atoms with Crippen LogP contribution in [0.4, 0.5) is 5.69 Å². The molecular weight excluding hydrogens is 286 g/mol. The lowest BCUT2D eigenvalue weighted by molar-refractivity contribution is 0.528. The fraction of sp³-hybridized carbons (Fsp3) is 0.0526. The summed E-state index contributed by atoms with van der Waals surface area (Å²) in [5.41, 5.74) is 5.99. The highest BCUT2D eigenvalue weighted by Crippen LogP contribution is 2.30. The summed E-state index contributed by atoms with van der Waals surface area (Å²) in [6.07, 6.45) is 1.68. The Bertz CT molecular complexity index is 963. The zero-order chi connectivity index (χ0) is 15.6. The molecule has 4 aromatic rings. The van der Waals surface area contributed by atoms with Crippen LogP contribution in [0, 0.1) is 6.92 Å². The fourth-order valence-electron chi connectivity index (χ4n) is 2.64. The first-order chi connectivity index (χ1) is 11.3. The predicted molar refractivity (Wildman–Crippen MR) is 93.9 cm³/mol. The lowest BCUT2D eigenvalue weighted by Gasteiger charge is -2.09. The number of aryl methyl sites for hydroxylation is 1. The highest BCUT2D eigenvalue weighted by atomic mass is 16.3. The molecule has 0 saturated heterocycles. The Kier molecular flexibility index (Phi) is 3.27. The Morgan fingerprint density at radius 1 is 0.913 bits per heavy atom. The van der Waals surface area contributed by atoms with E-state index in [1.165, 1.54) is 0 Å². The molecule has 23 heavy (non-hydrogen) atoms. The van der Waals surface area contributed by atoms with Crippen LogP contribution in [0.2, 0.25) is 0 Å². The van der Waals surface area contributed by atoms with E-state index in [4.69, 9.17) is 9.40 Å². The Morgan fingerprint density at radius 3 is 2.17 bits per heavy atom. The lowest BCUT2D eigenvalue weighted by Crippen LogP contribution is -1.94. The van der Waals surface area contributed by atoms with Gasteiger partial charge in [0, 0.05) is 10.8 Å². The van der Waals surface area contributed by atoms with E-state index in [1.54, 1.807) is 6.21 Å². The minimum Gasteiger partial charge on any atom is -0.460 e. The van der Waals surface area contributed by atoms with E-state index in [1.807, 2.05) is 67.6 Å². The van der Waals surface area contributed by atoms with Crippen LogP contribution in [0.5, 0.6) is 0 Å². The van der Waals surface area contributed by atoms with E-state index in [-0.39, 0.29) is 0 Å². The summed E-state index contributed by atoms with van der Waals surface area (Å²) in [7, 11) is 0. The number of hydrogen-bond donors (Lipinski definition) is 1. The number of pyridine rings is 1. The molecule has 1 N–H and O–H groups in total. The molecule has 4 heteroatoms. The highest BCUT2D eigenvalue weighted by Gasteiger charge is 2.07. The average Bonchev–Trinajstić information content (AvgIpc) is 2.99. The van der Waals surface area contributed by atoms with Crippen molar-refractivity contribution in [2.45, 2.75) is 6.92 Å². The molecule has 112 valence electrons. The normalized spacial score (nSPS) is 11.5. The smallest absolute Gasteiger partial charge is 0.147 e. The second kappa shape index (κ2) is 5.57. The second-order valence-electron chi connectivity index (χ2n) is 5.34. The third-order valence-electron chi connectivity index (χ3n) is 3.72. The van der Waals surface area contributed by atoms with Crippen LogP contribution >= 0.6 is 0 Å². The monoisotopic (exact) mass is 301 g/mol. The standard InChI is InChI=1S/C19H15N3O/c1-13-10-11-14(23-13)12-20-22-19-15-6-2-4-8-17(15)21-18-9-5-3-7-16(18)19/h2-12H,1H3,(H,21,22)/b20-12+. The first-order valence-corrected chi connectivity index (χ1v) is 7.44. The predicted octanol–water partition coefficient (Wildman–Crippen LogP) is 4.74. The van der Waals surface area contributed by atoms with Gasteiger partial charge in [0.05, 0.1) is 22.9 Å². The zero-order valence-corrected chi connectivity index (χ0v) is 12.7. The molecule has 0 radical (unpaired) electrons. The Morgan fingerprint density at radius 2 is 1.57 bits per heavy atom. The maximum atomic E-state index is 5.49. The number of nitrogens with one attached hydrogen (secondary N) is 1. The van der Waals surface area contributed by atoms with Gasteiger partial charge in [-0.05, 0) is 31.2 Å². The van der Waals surface area contributed by atoms with Crippen LogP contribution in [0.25, 0.3) is 21.8 Å². The molecule has 2 aromatic heterocycles. The molecule has 0 saturated carbocycles. The van der Waals surface area contributed by atoms with Crippen molar-refractivity contribution in [1.82, 2.24) is 4.98 Å². The van der Waals surface area contributed by atoms with E-state index in [0.29, 0.717) is 0 Å². The minimum absolute atomic E-state index is 0.720. The van der Waals surface area contributed by atoms with Crippen molar-refractivity contribution in [1.29, 1.82) is 0 Å². The molecular formula is C19H15N3O. The molecule has 0 atom stereocenters. The molecule has 4 rings (SSSR count). The first kappa shape index (κ1) is 13.5. The molecule has 0 bridgehead atoms. The SMILES string of the molecule is Cc1ccc(/C=N/Nc2c3ccccc3nc3ccccc23)o1. The molecule has 0 aliphatic heterocycles. The summed E-state index contributed by atoms with van der Waals surface area (Å²) in [5, 5.41) is 6.41. The van der Waals surface area contributed by atoms with Crippen molar-refractivity contribution in [3.63, 3.8) is 0 Å². The van der Waals surface area contributed by atoms with E-state index >= 15 is 0 Å². The molecule has 0 amide bonds. The number of benzene rings is 2. The fourth-order valence-corrected chi connectivity index (χ4v) is 2.64. The van der Waals surface area contributed by atoms with E-state index in [0.717, 1.165) is 39.0 Å². The Hall–Kier alpha value is -3.14. The van der Waals surface area contributed by atoms with Gasteiger partial charge in [-0.1, -0.05) is 36.4 Å². The molecule has 2 aromatic carbocycles. The van der Waals surface area contributed by atoms with Gasteiger partial charge in [-0.15, -0.1) is 0 Å². The van der Waals surface area contributed by atoms with Crippen molar-refractivity contribution < 1.29 is 4.42 Å². The maximum absolute atomic E-state index is 5.49. The van der Waals surface area contributed by atoms with Gasteiger partial charge in [-0.25, -0.2) is 4.98 Å². The minimum atomic E-state index is 0.720.